The lowest BCUT2D eigenvalue weighted by Crippen LogP contribution is -2.41. The Bertz CT molecular complexity index is 590. The van der Waals surface area contributed by atoms with Gasteiger partial charge in [0.05, 0.1) is 5.69 Å². The number of nitrogens with zero attached hydrogens (tertiary/aromatic N) is 2. The van der Waals surface area contributed by atoms with Gasteiger partial charge >= 0.3 is 0 Å². The van der Waals surface area contributed by atoms with Gasteiger partial charge in [-0.15, -0.1) is 0 Å². The van der Waals surface area contributed by atoms with Gasteiger partial charge in [-0.3, -0.25) is 9.59 Å². The fraction of sp³-hybridized carbons (Fsp3) is 0.529. The van der Waals surface area contributed by atoms with Gasteiger partial charge in [-0.2, -0.15) is 0 Å². The number of carbonyl (C=O) groups excluding carboxylic acids is 2. The van der Waals surface area contributed by atoms with Crippen LogP contribution in [0.25, 0.3) is 0 Å². The maximum atomic E-state index is 12.4. The van der Waals surface area contributed by atoms with Crippen molar-refractivity contribution in [3.05, 3.63) is 24.3 Å². The first-order chi connectivity index (χ1) is 11.2. The molecule has 0 radical (unpaired) electrons. The minimum absolute atomic E-state index is 0.0408. The number of amides is 2. The van der Waals surface area contributed by atoms with Crippen LogP contribution in [-0.4, -0.2) is 56.5 Å². The van der Waals surface area contributed by atoms with E-state index in [1.54, 1.807) is 4.90 Å². The van der Waals surface area contributed by atoms with Crippen LogP contribution < -0.4 is 15.0 Å². The number of hydrogen-bond acceptors (Lipinski definition) is 4. The Balaban J connectivity index is 1.58. The molecule has 2 aliphatic heterocycles. The lowest BCUT2D eigenvalue weighted by atomic mass is 10.1. The second kappa shape index (κ2) is 7.00. The summed E-state index contributed by atoms with van der Waals surface area (Å²) in [6.45, 7) is 3.02. The van der Waals surface area contributed by atoms with Crippen LogP contribution >= 0.6 is 0 Å². The molecule has 1 aromatic rings. The van der Waals surface area contributed by atoms with Gasteiger partial charge in [0.25, 0.3) is 5.91 Å². The van der Waals surface area contributed by atoms with Crippen LogP contribution in [0.5, 0.6) is 5.75 Å². The van der Waals surface area contributed by atoms with Gasteiger partial charge < -0.3 is 19.9 Å². The molecule has 2 aliphatic rings. The predicted molar refractivity (Wildman–Crippen MR) is 87.5 cm³/mol. The fourth-order valence-corrected chi connectivity index (χ4v) is 3.28. The van der Waals surface area contributed by atoms with Crippen molar-refractivity contribution < 1.29 is 14.3 Å². The Morgan fingerprint density at radius 2 is 2.22 bits per heavy atom. The number of likely N-dealkylation sites (tertiary alicyclic amines) is 1. The minimum Gasteiger partial charge on any atom is -0.482 e. The molecule has 0 bridgehead atoms. The summed E-state index contributed by atoms with van der Waals surface area (Å²) in [4.78, 5) is 28.1. The van der Waals surface area contributed by atoms with Crippen molar-refractivity contribution >= 4 is 17.5 Å². The summed E-state index contributed by atoms with van der Waals surface area (Å²) in [7, 11) is 1.94. The first-order valence-corrected chi connectivity index (χ1v) is 8.13. The van der Waals surface area contributed by atoms with Gasteiger partial charge in [-0.25, -0.2) is 0 Å². The fourth-order valence-electron chi connectivity index (χ4n) is 3.28. The summed E-state index contributed by atoms with van der Waals surface area (Å²) in [5, 5.41) is 3.16. The minimum atomic E-state index is -0.0917. The smallest absolute Gasteiger partial charge is 0.265 e. The number of carbonyl (C=O) groups is 2. The summed E-state index contributed by atoms with van der Waals surface area (Å²) in [5.74, 6) is 1.27. The van der Waals surface area contributed by atoms with Gasteiger partial charge in [-0.05, 0) is 38.1 Å². The van der Waals surface area contributed by atoms with E-state index in [4.69, 9.17) is 4.74 Å². The van der Waals surface area contributed by atoms with Crippen LogP contribution in [-0.2, 0) is 9.59 Å². The number of fused-ring (bicyclic) bond motifs is 1. The number of hydrogen-bond donors (Lipinski definition) is 1. The monoisotopic (exact) mass is 317 g/mol. The third kappa shape index (κ3) is 3.47. The molecule has 1 unspecified atom stereocenters. The van der Waals surface area contributed by atoms with Crippen molar-refractivity contribution in [1.29, 1.82) is 0 Å². The van der Waals surface area contributed by atoms with Crippen LogP contribution in [0.3, 0.4) is 0 Å². The normalized spacial score (nSPS) is 20.4. The van der Waals surface area contributed by atoms with Crippen molar-refractivity contribution in [2.75, 3.05) is 44.7 Å². The molecule has 6 nitrogen and oxygen atoms in total. The van der Waals surface area contributed by atoms with Crippen molar-refractivity contribution in [1.82, 2.24) is 10.2 Å². The van der Waals surface area contributed by atoms with Crippen molar-refractivity contribution in [3.63, 3.8) is 0 Å². The average molecular weight is 317 g/mol. The Morgan fingerprint density at radius 3 is 3.04 bits per heavy atom. The van der Waals surface area contributed by atoms with Crippen molar-refractivity contribution in [3.8, 4) is 5.75 Å². The van der Waals surface area contributed by atoms with Crippen LogP contribution in [0.1, 0.15) is 12.8 Å². The molecule has 124 valence electrons. The van der Waals surface area contributed by atoms with E-state index in [0.29, 0.717) is 24.6 Å². The van der Waals surface area contributed by atoms with E-state index < -0.39 is 0 Å². The molecule has 23 heavy (non-hydrogen) atoms. The molecule has 6 heteroatoms. The average Bonchev–Trinajstić information content (AvgIpc) is 3.03. The zero-order chi connectivity index (χ0) is 16.2. The number of ether oxygens (including phenoxy) is 1. The molecule has 1 aromatic carbocycles. The Labute approximate surface area is 136 Å². The van der Waals surface area contributed by atoms with Crippen LogP contribution in [0, 0.1) is 5.92 Å². The molecule has 2 heterocycles. The first-order valence-electron chi connectivity index (χ1n) is 8.13. The molecule has 0 saturated carbocycles. The standard InChI is InChI=1S/C17H23N3O3/c1-18-10-13-6-8-19(11-13)16(21)7-9-20-14-4-2-3-5-15(14)23-12-17(20)22/h2-5,13,18H,6-12H2,1H3. The first kappa shape index (κ1) is 15.8. The zero-order valence-electron chi connectivity index (χ0n) is 13.5. The van der Waals surface area contributed by atoms with Gasteiger partial charge in [0.1, 0.15) is 5.75 Å². The third-order valence-corrected chi connectivity index (χ3v) is 4.49. The van der Waals surface area contributed by atoms with E-state index in [1.807, 2.05) is 36.2 Å². The van der Waals surface area contributed by atoms with E-state index in [0.717, 1.165) is 31.7 Å². The summed E-state index contributed by atoms with van der Waals surface area (Å²) in [5.41, 5.74) is 0.756. The van der Waals surface area contributed by atoms with Gasteiger partial charge in [0.2, 0.25) is 5.91 Å². The molecule has 0 aromatic heterocycles. The second-order valence-corrected chi connectivity index (χ2v) is 6.10. The maximum absolute atomic E-state index is 12.4. The lowest BCUT2D eigenvalue weighted by molar-refractivity contribution is -0.130. The van der Waals surface area contributed by atoms with E-state index >= 15 is 0 Å². The predicted octanol–water partition coefficient (Wildman–Crippen LogP) is 0.870. The van der Waals surface area contributed by atoms with Crippen LogP contribution in [0.15, 0.2) is 24.3 Å². The summed E-state index contributed by atoms with van der Waals surface area (Å²) >= 11 is 0. The highest BCUT2D eigenvalue weighted by atomic mass is 16.5. The molecule has 1 fully saturated rings. The summed E-state index contributed by atoms with van der Waals surface area (Å²) in [6, 6.07) is 7.46. The van der Waals surface area contributed by atoms with Crippen molar-refractivity contribution in [2.45, 2.75) is 12.8 Å². The zero-order valence-corrected chi connectivity index (χ0v) is 13.5. The number of benzene rings is 1. The van der Waals surface area contributed by atoms with E-state index in [9.17, 15) is 9.59 Å². The molecule has 3 rings (SSSR count). The van der Waals surface area contributed by atoms with Crippen LogP contribution in [0.4, 0.5) is 5.69 Å². The maximum Gasteiger partial charge on any atom is 0.265 e. The highest BCUT2D eigenvalue weighted by molar-refractivity contribution is 5.98. The lowest BCUT2D eigenvalue weighted by Gasteiger charge is -2.29. The third-order valence-electron chi connectivity index (χ3n) is 4.49. The highest BCUT2D eigenvalue weighted by Gasteiger charge is 2.28. The Hall–Kier alpha value is -2.08. The number of rotatable bonds is 5. The number of anilines is 1. The Kier molecular flexibility index (Phi) is 4.81. The van der Waals surface area contributed by atoms with E-state index in [2.05, 4.69) is 5.32 Å². The van der Waals surface area contributed by atoms with Gasteiger partial charge in [0, 0.05) is 26.1 Å². The van der Waals surface area contributed by atoms with E-state index in [1.165, 1.54) is 0 Å². The molecule has 0 spiro atoms. The molecule has 2 amide bonds. The summed E-state index contributed by atoms with van der Waals surface area (Å²) < 4.78 is 5.42. The molecular weight excluding hydrogens is 294 g/mol. The molecular formula is C17H23N3O3. The second-order valence-electron chi connectivity index (χ2n) is 6.10. The number of nitrogens with one attached hydrogen (secondary N) is 1. The molecule has 1 N–H and O–H groups in total. The Morgan fingerprint density at radius 1 is 1.39 bits per heavy atom. The van der Waals surface area contributed by atoms with Crippen LogP contribution in [0.2, 0.25) is 0 Å². The molecule has 1 saturated heterocycles. The highest BCUT2D eigenvalue weighted by Crippen LogP contribution is 2.31. The topological polar surface area (TPSA) is 61.9 Å². The number of para-hydroxylation sites is 2. The van der Waals surface area contributed by atoms with E-state index in [-0.39, 0.29) is 18.4 Å². The van der Waals surface area contributed by atoms with Gasteiger partial charge in [-0.1, -0.05) is 12.1 Å². The molecule has 1 atom stereocenters. The van der Waals surface area contributed by atoms with Crippen molar-refractivity contribution in [2.24, 2.45) is 5.92 Å². The largest absolute Gasteiger partial charge is 0.482 e. The molecule has 0 aliphatic carbocycles. The van der Waals surface area contributed by atoms with Gasteiger partial charge in [0.15, 0.2) is 6.61 Å². The SMILES string of the molecule is CNCC1CCN(C(=O)CCN2C(=O)COc3ccccc32)C1. The summed E-state index contributed by atoms with van der Waals surface area (Å²) in [6.07, 6.45) is 1.40. The quantitative estimate of drug-likeness (QED) is 0.875.